The summed E-state index contributed by atoms with van der Waals surface area (Å²) in [7, 11) is 1.67. The van der Waals surface area contributed by atoms with E-state index in [4.69, 9.17) is 4.74 Å². The van der Waals surface area contributed by atoms with Gasteiger partial charge in [0, 0.05) is 45.3 Å². The Hall–Kier alpha value is 0.250. The van der Waals surface area contributed by atoms with Crippen LogP contribution in [0.1, 0.15) is 11.3 Å². The topological polar surface area (TPSA) is 37.9 Å². The van der Waals surface area contributed by atoms with Crippen LogP contribution in [0, 0.1) is 0 Å². The van der Waals surface area contributed by atoms with Crippen LogP contribution >= 0.6 is 30.1 Å². The number of hydrogen-bond donors (Lipinski definition) is 1. The highest BCUT2D eigenvalue weighted by Gasteiger charge is 2.15. The van der Waals surface area contributed by atoms with Gasteiger partial charge in [-0.1, -0.05) is 0 Å². The first-order valence-electron chi connectivity index (χ1n) is 3.84. The fourth-order valence-corrected chi connectivity index (χ4v) is 2.85. The van der Waals surface area contributed by atoms with E-state index in [1.807, 2.05) is 0 Å². The molecule has 12 heavy (non-hydrogen) atoms. The van der Waals surface area contributed by atoms with Crippen LogP contribution in [0.25, 0.3) is 0 Å². The summed E-state index contributed by atoms with van der Waals surface area (Å²) >= 11 is 2.26. The lowest BCUT2D eigenvalue weighted by Crippen LogP contribution is -1.96. The highest BCUT2D eigenvalue weighted by molar-refractivity contribution is 14.2. The van der Waals surface area contributed by atoms with E-state index in [9.17, 15) is 0 Å². The Morgan fingerprint density at radius 1 is 1.42 bits per heavy atom. The zero-order valence-electron chi connectivity index (χ0n) is 6.47. The standard InChI is InChI=1S/C7H9IN2OS/c8-12-7-5-1-3-11-4-2-6(5)9-10-7/h1-4H2,(H,9,10). The van der Waals surface area contributed by atoms with Crippen molar-refractivity contribution in [3.63, 3.8) is 0 Å². The molecule has 2 heterocycles. The molecule has 1 aliphatic heterocycles. The first-order valence-corrected chi connectivity index (χ1v) is 7.20. The smallest absolute Gasteiger partial charge is 0.132 e. The van der Waals surface area contributed by atoms with Crippen molar-refractivity contribution in [1.29, 1.82) is 0 Å². The average Bonchev–Trinajstić information content (AvgIpc) is 2.33. The van der Waals surface area contributed by atoms with Crippen LogP contribution in [0.15, 0.2) is 5.03 Å². The number of aromatic amines is 1. The van der Waals surface area contributed by atoms with Gasteiger partial charge in [-0.3, -0.25) is 5.10 Å². The van der Waals surface area contributed by atoms with E-state index in [2.05, 4.69) is 31.4 Å². The van der Waals surface area contributed by atoms with E-state index in [-0.39, 0.29) is 0 Å². The Morgan fingerprint density at radius 2 is 2.25 bits per heavy atom. The maximum atomic E-state index is 5.38. The zero-order valence-corrected chi connectivity index (χ0v) is 9.44. The van der Waals surface area contributed by atoms with Crippen LogP contribution < -0.4 is 0 Å². The van der Waals surface area contributed by atoms with Crippen LogP contribution in [-0.2, 0) is 17.6 Å². The molecule has 0 aliphatic carbocycles. The molecule has 3 nitrogen and oxygen atoms in total. The van der Waals surface area contributed by atoms with Crippen LogP contribution in [0.3, 0.4) is 0 Å². The molecule has 1 N–H and O–H groups in total. The third kappa shape index (κ3) is 1.62. The van der Waals surface area contributed by atoms with Gasteiger partial charge in [0.1, 0.15) is 5.03 Å². The molecule has 1 aromatic rings. The molecule has 66 valence electrons. The SMILES string of the molecule is ISc1n[nH]c2c1CCOCC2. The van der Waals surface area contributed by atoms with E-state index in [0.29, 0.717) is 0 Å². The molecule has 0 unspecified atom stereocenters. The molecule has 0 aromatic carbocycles. The first-order chi connectivity index (χ1) is 5.92. The predicted molar refractivity (Wildman–Crippen MR) is 56.7 cm³/mol. The summed E-state index contributed by atoms with van der Waals surface area (Å²) in [6, 6.07) is 0. The number of ether oxygens (including phenoxy) is 1. The molecule has 0 amide bonds. The molecular weight excluding hydrogens is 287 g/mol. The van der Waals surface area contributed by atoms with Crippen LogP contribution in [0.5, 0.6) is 0 Å². The fourth-order valence-electron chi connectivity index (χ4n) is 1.36. The highest BCUT2D eigenvalue weighted by Crippen LogP contribution is 2.29. The number of nitrogens with zero attached hydrogens (tertiary/aromatic N) is 1. The minimum atomic E-state index is 0.820. The van der Waals surface area contributed by atoms with E-state index < -0.39 is 0 Å². The van der Waals surface area contributed by atoms with Crippen LogP contribution in [0.2, 0.25) is 0 Å². The van der Waals surface area contributed by atoms with Gasteiger partial charge in [0.25, 0.3) is 0 Å². The molecule has 0 atom stereocenters. The molecule has 2 rings (SSSR count). The van der Waals surface area contributed by atoms with Gasteiger partial charge in [-0.15, -0.1) is 0 Å². The number of nitrogens with one attached hydrogen (secondary N) is 1. The maximum absolute atomic E-state index is 5.38. The van der Waals surface area contributed by atoms with Gasteiger partial charge in [0.2, 0.25) is 0 Å². The van der Waals surface area contributed by atoms with Crippen molar-refractivity contribution in [2.24, 2.45) is 0 Å². The third-order valence-corrected chi connectivity index (χ3v) is 3.72. The predicted octanol–water partition coefficient (Wildman–Crippen LogP) is 1.97. The average molecular weight is 296 g/mol. The zero-order chi connectivity index (χ0) is 8.39. The Morgan fingerprint density at radius 3 is 3.08 bits per heavy atom. The van der Waals surface area contributed by atoms with Crippen molar-refractivity contribution in [3.05, 3.63) is 11.3 Å². The van der Waals surface area contributed by atoms with Gasteiger partial charge in [-0.2, -0.15) is 5.10 Å². The van der Waals surface area contributed by atoms with Crippen molar-refractivity contribution < 1.29 is 4.74 Å². The summed E-state index contributed by atoms with van der Waals surface area (Å²) in [5.74, 6) is 0. The maximum Gasteiger partial charge on any atom is 0.132 e. The van der Waals surface area contributed by atoms with Crippen molar-refractivity contribution in [3.8, 4) is 0 Å². The van der Waals surface area contributed by atoms with E-state index in [1.54, 1.807) is 8.93 Å². The summed E-state index contributed by atoms with van der Waals surface area (Å²) in [4.78, 5) is 0. The van der Waals surface area contributed by atoms with Gasteiger partial charge < -0.3 is 4.74 Å². The van der Waals surface area contributed by atoms with Crippen molar-refractivity contribution in [1.82, 2.24) is 10.2 Å². The number of rotatable bonds is 1. The Bertz CT molecular complexity index is 276. The highest BCUT2D eigenvalue weighted by atomic mass is 127. The van der Waals surface area contributed by atoms with Gasteiger partial charge in [0.15, 0.2) is 0 Å². The number of hydrogen-bond acceptors (Lipinski definition) is 3. The normalized spacial score (nSPS) is 17.1. The van der Waals surface area contributed by atoms with Gasteiger partial charge >= 0.3 is 0 Å². The second kappa shape index (κ2) is 3.97. The molecule has 0 spiro atoms. The molecule has 0 radical (unpaired) electrons. The Balaban J connectivity index is 2.32. The van der Waals surface area contributed by atoms with Crippen molar-refractivity contribution in [2.45, 2.75) is 17.9 Å². The van der Waals surface area contributed by atoms with E-state index in [1.165, 1.54) is 11.3 Å². The summed E-state index contributed by atoms with van der Waals surface area (Å²) in [5, 5.41) is 8.42. The fraction of sp³-hybridized carbons (Fsp3) is 0.571. The lowest BCUT2D eigenvalue weighted by atomic mass is 10.2. The van der Waals surface area contributed by atoms with Crippen molar-refractivity contribution >= 4 is 30.1 Å². The van der Waals surface area contributed by atoms with Crippen molar-refractivity contribution in [2.75, 3.05) is 13.2 Å². The lowest BCUT2D eigenvalue weighted by Gasteiger charge is -1.96. The number of fused-ring (bicyclic) bond motifs is 1. The van der Waals surface area contributed by atoms with Crippen LogP contribution in [0.4, 0.5) is 0 Å². The largest absolute Gasteiger partial charge is 0.381 e. The molecule has 0 fully saturated rings. The van der Waals surface area contributed by atoms with Gasteiger partial charge in [-0.05, 0) is 8.93 Å². The summed E-state index contributed by atoms with van der Waals surface area (Å²) in [5.41, 5.74) is 2.61. The summed E-state index contributed by atoms with van der Waals surface area (Å²) in [6.07, 6.45) is 1.97. The van der Waals surface area contributed by atoms with E-state index >= 15 is 0 Å². The molecule has 0 bridgehead atoms. The number of H-pyrrole nitrogens is 1. The van der Waals surface area contributed by atoms with Crippen LogP contribution in [-0.4, -0.2) is 23.4 Å². The molecule has 1 aromatic heterocycles. The molecule has 1 aliphatic rings. The molecule has 0 saturated carbocycles. The van der Waals surface area contributed by atoms with E-state index in [0.717, 1.165) is 31.1 Å². The Labute approximate surface area is 87.2 Å². The van der Waals surface area contributed by atoms with Gasteiger partial charge in [0.05, 0.1) is 13.2 Å². The summed E-state index contributed by atoms with van der Waals surface area (Å²) in [6.45, 7) is 1.65. The second-order valence-electron chi connectivity index (χ2n) is 2.68. The quantitative estimate of drug-likeness (QED) is 0.805. The lowest BCUT2D eigenvalue weighted by molar-refractivity contribution is 0.145. The molecule has 0 saturated heterocycles. The third-order valence-electron chi connectivity index (χ3n) is 1.98. The second-order valence-corrected chi connectivity index (χ2v) is 4.54. The molecule has 5 heteroatoms. The molecular formula is C7H9IN2OS. The minimum Gasteiger partial charge on any atom is -0.381 e. The number of aromatic nitrogens is 2. The summed E-state index contributed by atoms with van der Waals surface area (Å²) < 4.78 is 5.38. The van der Waals surface area contributed by atoms with Gasteiger partial charge in [-0.25, -0.2) is 0 Å². The minimum absolute atomic E-state index is 0.820. The number of halogens is 1. The Kier molecular flexibility index (Phi) is 2.92. The monoisotopic (exact) mass is 296 g/mol. The first kappa shape index (κ1) is 8.83.